The van der Waals surface area contributed by atoms with E-state index >= 15 is 0 Å². The Morgan fingerprint density at radius 2 is 1.96 bits per heavy atom. The van der Waals surface area contributed by atoms with Gasteiger partial charge in [0.1, 0.15) is 5.75 Å². The molecule has 128 valence electrons. The molecule has 25 heavy (non-hydrogen) atoms. The Balaban J connectivity index is 1.84. The minimum atomic E-state index is -2.95. The number of para-hydroxylation sites is 1. The average Bonchev–Trinajstić information content (AvgIpc) is 2.60. The number of nitrogens with zero attached hydrogens (tertiary/aromatic N) is 2. The van der Waals surface area contributed by atoms with E-state index in [1.165, 1.54) is 18.3 Å². The summed E-state index contributed by atoms with van der Waals surface area (Å²) in [7, 11) is 0. The number of amides is 1. The molecular formula is C17H13F2N3O3. The van der Waals surface area contributed by atoms with Gasteiger partial charge in [0, 0.05) is 11.3 Å². The van der Waals surface area contributed by atoms with Gasteiger partial charge < -0.3 is 14.9 Å². The van der Waals surface area contributed by atoms with Crippen LogP contribution in [0.4, 0.5) is 14.5 Å². The maximum absolute atomic E-state index is 12.3. The molecule has 0 fully saturated rings. The SMILES string of the molecule is N#Cc1ccc(NC(=O)CO/N=C\c2ccccc2OC(F)F)cc1. The number of ether oxygens (including phenoxy) is 1. The fourth-order valence-corrected chi connectivity index (χ4v) is 1.81. The minimum absolute atomic E-state index is 0.0492. The van der Waals surface area contributed by atoms with E-state index < -0.39 is 12.5 Å². The van der Waals surface area contributed by atoms with E-state index in [-0.39, 0.29) is 17.9 Å². The zero-order valence-corrected chi connectivity index (χ0v) is 12.9. The number of nitriles is 1. The van der Waals surface area contributed by atoms with Crippen molar-refractivity contribution in [2.24, 2.45) is 5.16 Å². The number of rotatable bonds is 7. The number of carbonyl (C=O) groups excluding carboxylic acids is 1. The van der Waals surface area contributed by atoms with Gasteiger partial charge in [0.05, 0.1) is 17.8 Å². The smallest absolute Gasteiger partial charge is 0.387 e. The molecule has 0 aliphatic heterocycles. The van der Waals surface area contributed by atoms with Gasteiger partial charge in [0.2, 0.25) is 0 Å². The first-order valence-electron chi connectivity index (χ1n) is 7.07. The highest BCUT2D eigenvalue weighted by atomic mass is 19.3. The van der Waals surface area contributed by atoms with Crippen LogP contribution in [0.5, 0.6) is 5.75 Å². The molecule has 8 heteroatoms. The first-order valence-corrected chi connectivity index (χ1v) is 7.07. The Morgan fingerprint density at radius 1 is 1.24 bits per heavy atom. The molecule has 0 bridgehead atoms. The van der Waals surface area contributed by atoms with Gasteiger partial charge in [0.25, 0.3) is 5.91 Å². The lowest BCUT2D eigenvalue weighted by Crippen LogP contribution is -2.16. The highest BCUT2D eigenvalue weighted by Gasteiger charge is 2.07. The van der Waals surface area contributed by atoms with Crippen LogP contribution in [-0.4, -0.2) is 25.3 Å². The van der Waals surface area contributed by atoms with Crippen molar-refractivity contribution < 1.29 is 23.1 Å². The molecule has 0 aliphatic rings. The predicted molar refractivity (Wildman–Crippen MR) is 86.4 cm³/mol. The van der Waals surface area contributed by atoms with E-state index in [4.69, 9.17) is 10.1 Å². The second-order valence-electron chi connectivity index (χ2n) is 4.66. The number of hydrogen-bond acceptors (Lipinski definition) is 5. The first-order chi connectivity index (χ1) is 12.1. The Kier molecular flexibility index (Phi) is 6.42. The molecule has 0 atom stereocenters. The molecule has 0 unspecified atom stereocenters. The molecule has 6 nitrogen and oxygen atoms in total. The summed E-state index contributed by atoms with van der Waals surface area (Å²) in [5, 5.41) is 14.8. The van der Waals surface area contributed by atoms with Crippen molar-refractivity contribution in [2.45, 2.75) is 6.61 Å². The van der Waals surface area contributed by atoms with E-state index in [0.29, 0.717) is 11.3 Å². The first kappa shape index (κ1) is 17.9. The molecule has 0 saturated heterocycles. The van der Waals surface area contributed by atoms with Crippen molar-refractivity contribution in [1.29, 1.82) is 5.26 Å². The van der Waals surface area contributed by atoms with E-state index in [1.54, 1.807) is 36.4 Å². The third-order valence-corrected chi connectivity index (χ3v) is 2.89. The Morgan fingerprint density at radius 3 is 2.64 bits per heavy atom. The van der Waals surface area contributed by atoms with Crippen LogP contribution in [0.1, 0.15) is 11.1 Å². The van der Waals surface area contributed by atoms with Crippen molar-refractivity contribution in [3.63, 3.8) is 0 Å². The van der Waals surface area contributed by atoms with Gasteiger partial charge in [-0.05, 0) is 36.4 Å². The molecule has 2 aromatic carbocycles. The van der Waals surface area contributed by atoms with E-state index in [0.717, 1.165) is 0 Å². The van der Waals surface area contributed by atoms with Gasteiger partial charge in [-0.3, -0.25) is 4.79 Å². The summed E-state index contributed by atoms with van der Waals surface area (Å²) in [6, 6.07) is 14.3. The number of nitrogens with one attached hydrogen (secondary N) is 1. The maximum atomic E-state index is 12.3. The van der Waals surface area contributed by atoms with Crippen LogP contribution in [0.3, 0.4) is 0 Å². The third kappa shape index (κ3) is 5.91. The number of oxime groups is 1. The molecule has 2 rings (SSSR count). The predicted octanol–water partition coefficient (Wildman–Crippen LogP) is 3.15. The van der Waals surface area contributed by atoms with Gasteiger partial charge in [-0.15, -0.1) is 0 Å². The number of carbonyl (C=O) groups is 1. The van der Waals surface area contributed by atoms with Crippen LogP contribution < -0.4 is 10.1 Å². The highest BCUT2D eigenvalue weighted by Crippen LogP contribution is 2.18. The summed E-state index contributed by atoms with van der Waals surface area (Å²) < 4.78 is 28.9. The molecule has 1 amide bonds. The normalized spacial score (nSPS) is 10.5. The van der Waals surface area contributed by atoms with E-state index in [9.17, 15) is 13.6 Å². The Labute approximate surface area is 142 Å². The zero-order valence-electron chi connectivity index (χ0n) is 12.9. The van der Waals surface area contributed by atoms with Gasteiger partial charge in [-0.2, -0.15) is 14.0 Å². The fraction of sp³-hybridized carbons (Fsp3) is 0.118. The Hall–Kier alpha value is -3.47. The standard InChI is InChI=1S/C17H13F2N3O3/c18-17(19)25-15-4-2-1-3-13(15)10-21-24-11-16(23)22-14-7-5-12(9-20)6-8-14/h1-8,10,17H,11H2,(H,22,23)/b21-10-. The number of anilines is 1. The molecule has 0 saturated carbocycles. The van der Waals surface area contributed by atoms with Crippen LogP contribution in [0.2, 0.25) is 0 Å². The summed E-state index contributed by atoms with van der Waals surface area (Å²) in [5.41, 5.74) is 1.27. The summed E-state index contributed by atoms with van der Waals surface area (Å²) in [6.07, 6.45) is 1.17. The van der Waals surface area contributed by atoms with Gasteiger partial charge >= 0.3 is 6.61 Å². The maximum Gasteiger partial charge on any atom is 0.387 e. The Bertz CT molecular complexity index is 786. The van der Waals surface area contributed by atoms with Crippen LogP contribution >= 0.6 is 0 Å². The lowest BCUT2D eigenvalue weighted by molar-refractivity contribution is -0.120. The molecule has 0 heterocycles. The lowest BCUT2D eigenvalue weighted by atomic mass is 10.2. The fourth-order valence-electron chi connectivity index (χ4n) is 1.81. The van der Waals surface area contributed by atoms with Crippen molar-refractivity contribution in [3.8, 4) is 11.8 Å². The summed E-state index contributed by atoms with van der Waals surface area (Å²) in [5.74, 6) is -0.508. The molecule has 1 N–H and O–H groups in total. The van der Waals surface area contributed by atoms with Gasteiger partial charge in [0.15, 0.2) is 6.61 Å². The van der Waals surface area contributed by atoms with Crippen molar-refractivity contribution in [1.82, 2.24) is 0 Å². The van der Waals surface area contributed by atoms with Crippen LogP contribution in [0.25, 0.3) is 0 Å². The second kappa shape index (κ2) is 8.98. The van der Waals surface area contributed by atoms with Crippen molar-refractivity contribution in [3.05, 3.63) is 59.7 Å². The number of benzene rings is 2. The summed E-state index contributed by atoms with van der Waals surface area (Å²) in [6.45, 7) is -3.32. The lowest BCUT2D eigenvalue weighted by Gasteiger charge is -2.07. The molecule has 0 aliphatic carbocycles. The molecule has 2 aromatic rings. The topological polar surface area (TPSA) is 83.7 Å². The quantitative estimate of drug-likeness (QED) is 0.617. The third-order valence-electron chi connectivity index (χ3n) is 2.89. The summed E-state index contributed by atoms with van der Waals surface area (Å²) >= 11 is 0. The number of alkyl halides is 2. The van der Waals surface area contributed by atoms with E-state index in [1.807, 2.05) is 6.07 Å². The number of halogens is 2. The number of hydrogen-bond donors (Lipinski definition) is 1. The molecule has 0 radical (unpaired) electrons. The molecule has 0 aromatic heterocycles. The molecular weight excluding hydrogens is 332 g/mol. The second-order valence-corrected chi connectivity index (χ2v) is 4.66. The largest absolute Gasteiger partial charge is 0.434 e. The average molecular weight is 345 g/mol. The monoisotopic (exact) mass is 345 g/mol. The van der Waals surface area contributed by atoms with Gasteiger partial charge in [-0.1, -0.05) is 17.3 Å². The summed E-state index contributed by atoms with van der Waals surface area (Å²) in [4.78, 5) is 16.5. The van der Waals surface area contributed by atoms with Crippen molar-refractivity contribution >= 4 is 17.8 Å². The van der Waals surface area contributed by atoms with E-state index in [2.05, 4.69) is 15.2 Å². The minimum Gasteiger partial charge on any atom is -0.434 e. The van der Waals surface area contributed by atoms with Crippen LogP contribution in [-0.2, 0) is 9.63 Å². The molecule has 0 spiro atoms. The highest BCUT2D eigenvalue weighted by molar-refractivity contribution is 5.91. The van der Waals surface area contributed by atoms with Crippen LogP contribution in [0.15, 0.2) is 53.7 Å². The van der Waals surface area contributed by atoms with Crippen molar-refractivity contribution in [2.75, 3.05) is 11.9 Å². The van der Waals surface area contributed by atoms with Gasteiger partial charge in [-0.25, -0.2) is 0 Å². The zero-order chi connectivity index (χ0) is 18.1. The van der Waals surface area contributed by atoms with Crippen LogP contribution in [0, 0.1) is 11.3 Å².